The number of hydrogen-bond donors (Lipinski definition) is 1. The van der Waals surface area contributed by atoms with Crippen LogP contribution in [0.1, 0.15) is 17.3 Å². The largest absolute Gasteiger partial charge is 0.375 e. The zero-order valence-electron chi connectivity index (χ0n) is 10.6. The molecule has 1 aromatic carbocycles. The lowest BCUT2D eigenvalue weighted by Gasteiger charge is -2.21. The summed E-state index contributed by atoms with van der Waals surface area (Å²) in [6.07, 6.45) is -0.488. The minimum absolute atomic E-state index is 0.0484. The monoisotopic (exact) mass is 284 g/mol. The number of ether oxygens (including phenoxy) is 1. The number of carbonyl (C=O) groups is 1. The molecular weight excluding hydrogens is 268 g/mol. The zero-order chi connectivity index (χ0) is 14.0. The van der Waals surface area contributed by atoms with Crippen LogP contribution in [0.2, 0.25) is 0 Å². The Morgan fingerprint density at radius 2 is 2.05 bits per heavy atom. The lowest BCUT2D eigenvalue weighted by molar-refractivity contribution is 0.0498. The van der Waals surface area contributed by atoms with Gasteiger partial charge in [-0.25, -0.2) is 12.7 Å². The Morgan fingerprint density at radius 1 is 1.37 bits per heavy atom. The smallest absolute Gasteiger partial charge is 0.269 e. The van der Waals surface area contributed by atoms with Crippen LogP contribution in [0, 0.1) is 0 Å². The standard InChI is InChI=1S/C12H16N2O4S/c1-2-18-9(7-13)8-14-12(15)10-5-3-4-6-11(10)19(14,16)17/h3-6,9H,2,7-8,13H2,1H3. The first-order chi connectivity index (χ1) is 9.02. The second kappa shape index (κ2) is 5.28. The van der Waals surface area contributed by atoms with E-state index < -0.39 is 22.0 Å². The van der Waals surface area contributed by atoms with E-state index >= 15 is 0 Å². The SMILES string of the molecule is CCOC(CN)CN1C(=O)c2ccccc2S1(=O)=O. The van der Waals surface area contributed by atoms with Crippen LogP contribution in [0.4, 0.5) is 0 Å². The highest BCUT2D eigenvalue weighted by Gasteiger charge is 2.41. The van der Waals surface area contributed by atoms with E-state index in [-0.39, 0.29) is 23.5 Å². The van der Waals surface area contributed by atoms with Crippen LogP contribution in [-0.2, 0) is 14.8 Å². The van der Waals surface area contributed by atoms with Crippen LogP contribution in [0.3, 0.4) is 0 Å². The maximum absolute atomic E-state index is 12.3. The molecule has 1 aromatic rings. The van der Waals surface area contributed by atoms with Crippen molar-refractivity contribution in [2.75, 3.05) is 19.7 Å². The van der Waals surface area contributed by atoms with E-state index in [4.69, 9.17) is 10.5 Å². The van der Waals surface area contributed by atoms with Crippen molar-refractivity contribution < 1.29 is 17.9 Å². The highest BCUT2D eigenvalue weighted by Crippen LogP contribution is 2.29. The normalized spacial score (nSPS) is 18.4. The fourth-order valence-electron chi connectivity index (χ4n) is 2.03. The van der Waals surface area contributed by atoms with Crippen LogP contribution < -0.4 is 5.73 Å². The fraction of sp³-hybridized carbons (Fsp3) is 0.417. The van der Waals surface area contributed by atoms with E-state index in [9.17, 15) is 13.2 Å². The molecule has 1 amide bonds. The van der Waals surface area contributed by atoms with Crippen molar-refractivity contribution in [1.82, 2.24) is 4.31 Å². The van der Waals surface area contributed by atoms with Crippen molar-refractivity contribution in [3.05, 3.63) is 29.8 Å². The minimum atomic E-state index is -3.77. The number of sulfonamides is 1. The molecule has 0 saturated carbocycles. The molecule has 104 valence electrons. The summed E-state index contributed by atoms with van der Waals surface area (Å²) in [5, 5.41) is 0. The molecule has 0 aliphatic carbocycles. The first-order valence-corrected chi connectivity index (χ1v) is 7.44. The number of carbonyl (C=O) groups excluding carboxylic acids is 1. The van der Waals surface area contributed by atoms with Gasteiger partial charge >= 0.3 is 0 Å². The lowest BCUT2D eigenvalue weighted by Crippen LogP contribution is -2.41. The molecule has 0 radical (unpaired) electrons. The van der Waals surface area contributed by atoms with E-state index in [1.54, 1.807) is 19.1 Å². The van der Waals surface area contributed by atoms with E-state index in [0.717, 1.165) is 4.31 Å². The van der Waals surface area contributed by atoms with Crippen molar-refractivity contribution in [2.45, 2.75) is 17.9 Å². The second-order valence-electron chi connectivity index (χ2n) is 4.15. The zero-order valence-corrected chi connectivity index (χ0v) is 11.4. The van der Waals surface area contributed by atoms with Crippen molar-refractivity contribution in [2.24, 2.45) is 5.73 Å². The molecule has 0 aromatic heterocycles. The van der Waals surface area contributed by atoms with Gasteiger partial charge < -0.3 is 10.5 Å². The molecule has 2 rings (SSSR count). The van der Waals surface area contributed by atoms with Crippen LogP contribution in [-0.4, -0.2) is 44.4 Å². The molecule has 1 heterocycles. The molecule has 7 heteroatoms. The summed E-state index contributed by atoms with van der Waals surface area (Å²) in [5.74, 6) is -0.520. The lowest BCUT2D eigenvalue weighted by atomic mass is 10.2. The third-order valence-corrected chi connectivity index (χ3v) is 4.75. The van der Waals surface area contributed by atoms with Crippen molar-refractivity contribution in [3.8, 4) is 0 Å². The number of benzene rings is 1. The third kappa shape index (κ3) is 2.36. The van der Waals surface area contributed by atoms with Gasteiger partial charge in [-0.1, -0.05) is 12.1 Å². The molecule has 0 fully saturated rings. The maximum Gasteiger partial charge on any atom is 0.269 e. The first kappa shape index (κ1) is 14.0. The molecule has 19 heavy (non-hydrogen) atoms. The fourth-order valence-corrected chi connectivity index (χ4v) is 3.63. The van der Waals surface area contributed by atoms with Crippen LogP contribution >= 0.6 is 0 Å². The van der Waals surface area contributed by atoms with Crippen LogP contribution in [0.25, 0.3) is 0 Å². The second-order valence-corrected chi connectivity index (χ2v) is 5.98. The molecule has 2 N–H and O–H groups in total. The molecule has 1 unspecified atom stereocenters. The Hall–Kier alpha value is -1.44. The van der Waals surface area contributed by atoms with Crippen molar-refractivity contribution in [1.29, 1.82) is 0 Å². The maximum atomic E-state index is 12.3. The van der Waals surface area contributed by atoms with Crippen molar-refractivity contribution in [3.63, 3.8) is 0 Å². The van der Waals surface area contributed by atoms with E-state index in [1.807, 2.05) is 0 Å². The van der Waals surface area contributed by atoms with Crippen LogP contribution in [0.5, 0.6) is 0 Å². The highest BCUT2D eigenvalue weighted by atomic mass is 32.2. The molecule has 0 saturated heterocycles. The van der Waals surface area contributed by atoms with Gasteiger partial charge in [-0.2, -0.15) is 0 Å². The summed E-state index contributed by atoms with van der Waals surface area (Å²) in [5.41, 5.74) is 5.72. The molecule has 6 nitrogen and oxygen atoms in total. The Labute approximate surface area is 112 Å². The number of fused-ring (bicyclic) bond motifs is 1. The van der Waals surface area contributed by atoms with Gasteiger partial charge in [0.15, 0.2) is 0 Å². The number of nitrogens with zero attached hydrogens (tertiary/aromatic N) is 1. The molecule has 1 aliphatic heterocycles. The Balaban J connectivity index is 2.32. The van der Waals surface area contributed by atoms with Gasteiger partial charge in [-0.3, -0.25) is 4.79 Å². The van der Waals surface area contributed by atoms with E-state index in [0.29, 0.717) is 6.61 Å². The van der Waals surface area contributed by atoms with E-state index in [1.165, 1.54) is 12.1 Å². The first-order valence-electron chi connectivity index (χ1n) is 6.00. The quantitative estimate of drug-likeness (QED) is 0.834. The van der Waals surface area contributed by atoms with Gasteiger partial charge in [-0.05, 0) is 19.1 Å². The minimum Gasteiger partial charge on any atom is -0.375 e. The van der Waals surface area contributed by atoms with Gasteiger partial charge in [-0.15, -0.1) is 0 Å². The molecule has 0 bridgehead atoms. The Morgan fingerprint density at radius 3 is 2.63 bits per heavy atom. The Kier molecular flexibility index (Phi) is 3.88. The number of nitrogens with two attached hydrogens (primary N) is 1. The number of amides is 1. The van der Waals surface area contributed by atoms with Gasteiger partial charge in [0.05, 0.1) is 18.2 Å². The summed E-state index contributed by atoms with van der Waals surface area (Å²) in [6, 6.07) is 6.17. The summed E-state index contributed by atoms with van der Waals surface area (Å²) in [6.45, 7) is 2.30. The number of hydrogen-bond acceptors (Lipinski definition) is 5. The van der Waals surface area contributed by atoms with Crippen molar-refractivity contribution >= 4 is 15.9 Å². The summed E-state index contributed by atoms with van der Waals surface area (Å²) in [7, 11) is -3.77. The van der Waals surface area contributed by atoms with Crippen LogP contribution in [0.15, 0.2) is 29.2 Å². The van der Waals surface area contributed by atoms with Gasteiger partial charge in [0.2, 0.25) is 0 Å². The molecule has 0 spiro atoms. The van der Waals surface area contributed by atoms with E-state index in [2.05, 4.69) is 0 Å². The predicted octanol–water partition coefficient (Wildman–Crippen LogP) is 0.195. The Bertz CT molecular complexity index is 585. The topological polar surface area (TPSA) is 89.7 Å². The average molecular weight is 284 g/mol. The van der Waals surface area contributed by atoms with Gasteiger partial charge in [0, 0.05) is 13.2 Å². The number of rotatable bonds is 5. The highest BCUT2D eigenvalue weighted by molar-refractivity contribution is 7.90. The molecular formula is C12H16N2O4S. The molecule has 1 atom stereocenters. The summed E-state index contributed by atoms with van der Waals surface area (Å²) in [4.78, 5) is 12.2. The summed E-state index contributed by atoms with van der Waals surface area (Å²) < 4.78 is 30.7. The third-order valence-electron chi connectivity index (χ3n) is 2.95. The van der Waals surface area contributed by atoms with Gasteiger partial charge in [0.1, 0.15) is 4.90 Å². The summed E-state index contributed by atoms with van der Waals surface area (Å²) >= 11 is 0. The average Bonchev–Trinajstić information content (AvgIpc) is 2.60. The predicted molar refractivity (Wildman–Crippen MR) is 69.1 cm³/mol. The molecule has 1 aliphatic rings. The van der Waals surface area contributed by atoms with Gasteiger partial charge in [0.25, 0.3) is 15.9 Å².